The van der Waals surface area contributed by atoms with Crippen LogP contribution in [-0.2, 0) is 36.8 Å². The zero-order chi connectivity index (χ0) is 43.9. The highest BCUT2D eigenvalue weighted by molar-refractivity contribution is 7.10. The van der Waals surface area contributed by atoms with Gasteiger partial charge in [-0.3, -0.25) is 19.6 Å². The van der Waals surface area contributed by atoms with Gasteiger partial charge in [0.05, 0.1) is 54.3 Å². The molecule has 3 N–H and O–H groups in total. The maximum Gasteiger partial charge on any atom is 0.324 e. The number of carbonyl (C=O) groups excluding carboxylic acids is 3. The van der Waals surface area contributed by atoms with E-state index in [4.69, 9.17) is 24.2 Å². The van der Waals surface area contributed by atoms with Crippen LogP contribution in [0, 0.1) is 5.41 Å². The number of ether oxygens (including phenoxy) is 3. The Labute approximate surface area is 367 Å². The van der Waals surface area contributed by atoms with E-state index in [0.29, 0.717) is 44.7 Å². The van der Waals surface area contributed by atoms with Gasteiger partial charge in [-0.2, -0.15) is 0 Å². The van der Waals surface area contributed by atoms with E-state index >= 15 is 0 Å². The third-order valence-corrected chi connectivity index (χ3v) is 13.9. The molecule has 3 amide bonds. The molecule has 0 unspecified atom stereocenters. The number of likely N-dealkylation sites (N-methyl/N-ethyl adjacent to an activating group) is 1. The van der Waals surface area contributed by atoms with Crippen molar-refractivity contribution in [3.05, 3.63) is 52.1 Å². The number of amides is 3. The van der Waals surface area contributed by atoms with Crippen molar-refractivity contribution in [1.29, 1.82) is 0 Å². The number of aliphatic hydroxyl groups excluding tert-OH is 1. The summed E-state index contributed by atoms with van der Waals surface area (Å²) in [5.74, 6) is -1.04. The fourth-order valence-electron chi connectivity index (χ4n) is 9.17. The summed E-state index contributed by atoms with van der Waals surface area (Å²) in [6.07, 6.45) is 2.52. The number of pyridine rings is 1. The lowest BCUT2D eigenvalue weighted by molar-refractivity contribution is -0.155. The third-order valence-electron chi connectivity index (χ3n) is 12.9. The summed E-state index contributed by atoms with van der Waals surface area (Å²) in [6.45, 7) is 14.1. The van der Waals surface area contributed by atoms with E-state index in [1.54, 1.807) is 19.1 Å². The summed E-state index contributed by atoms with van der Waals surface area (Å²) in [4.78, 5) is 58.2. The van der Waals surface area contributed by atoms with Gasteiger partial charge in [-0.15, -0.1) is 11.3 Å². The largest absolute Gasteiger partial charge is 0.464 e. The topological polar surface area (TPSA) is 167 Å². The SMILES string of the molecule is CCn1c(-c2cc(N3CCN(C)CC3)cnc2[C@H](C)OC)c2c3cc(ccc31)-c1csc(n1)[C@@H](O)[C@H](NC(=O)N1CC[C@H]1COC)C(=O)N1CCC[C@H](N1)C(=O)OCC(C)(C)C2. The lowest BCUT2D eigenvalue weighted by atomic mass is 9.84. The number of urea groups is 1. The number of benzene rings is 1. The Morgan fingerprint density at radius 1 is 1.11 bits per heavy atom. The Morgan fingerprint density at radius 2 is 1.90 bits per heavy atom. The van der Waals surface area contributed by atoms with Crippen molar-refractivity contribution in [2.24, 2.45) is 5.41 Å². The van der Waals surface area contributed by atoms with Gasteiger partial charge >= 0.3 is 12.0 Å². The first-order valence-corrected chi connectivity index (χ1v) is 22.7. The third kappa shape index (κ3) is 8.67. The Bertz CT molecular complexity index is 2290. The molecule has 4 aliphatic rings. The molecule has 3 saturated heterocycles. The molecule has 3 aromatic heterocycles. The van der Waals surface area contributed by atoms with E-state index in [1.807, 2.05) is 24.6 Å². The predicted molar refractivity (Wildman–Crippen MR) is 238 cm³/mol. The minimum Gasteiger partial charge on any atom is -0.464 e. The van der Waals surface area contributed by atoms with Gasteiger partial charge in [0, 0.05) is 92.9 Å². The van der Waals surface area contributed by atoms with Gasteiger partial charge in [0.1, 0.15) is 23.2 Å². The Hall–Kier alpha value is -4.65. The molecule has 62 heavy (non-hydrogen) atoms. The first-order chi connectivity index (χ1) is 29.8. The number of hydrazine groups is 1. The zero-order valence-electron chi connectivity index (χ0n) is 37.0. The molecule has 17 heteroatoms. The Kier molecular flexibility index (Phi) is 12.9. The number of piperazine rings is 1. The van der Waals surface area contributed by atoms with Gasteiger partial charge in [0.2, 0.25) is 0 Å². The molecule has 0 saturated carbocycles. The van der Waals surface area contributed by atoms with Crippen LogP contribution < -0.4 is 15.6 Å². The average molecular weight is 872 g/mol. The molecule has 8 rings (SSSR count). The number of aryl methyl sites for hydroxylation is 1. The minimum absolute atomic E-state index is 0.127. The van der Waals surface area contributed by atoms with E-state index in [-0.39, 0.29) is 30.3 Å². The quantitative estimate of drug-likeness (QED) is 0.208. The molecule has 0 aliphatic carbocycles. The number of thiazole rings is 1. The summed E-state index contributed by atoms with van der Waals surface area (Å²) in [7, 11) is 5.44. The molecule has 16 nitrogen and oxygen atoms in total. The van der Waals surface area contributed by atoms with Crippen molar-refractivity contribution in [3.8, 4) is 22.5 Å². The molecule has 3 fully saturated rings. The monoisotopic (exact) mass is 871 g/mol. The van der Waals surface area contributed by atoms with Gasteiger partial charge in [-0.05, 0) is 70.3 Å². The number of fused-ring (bicyclic) bond motifs is 6. The van der Waals surface area contributed by atoms with Crippen LogP contribution in [0.5, 0.6) is 0 Å². The standard InChI is InChI=1S/C45H61N9O7S/c1-8-52-36-12-11-28-20-31(36)33(39(52)32-21-30(23-46-37(32)27(2)60-7)51-18-16-50(5)17-19-51)22-45(3,4)26-61-43(57)34-10-9-14-54(49-34)42(56)38(40(55)41-47-35(28)25-62-41)48-44(58)53-15-13-29(53)24-59-6/h11-12,20-21,23,25,27,29,34,38,40,49,55H,8-10,13-19,22,24,26H2,1-7H3,(H,48,58)/t27-,29-,34-,38-,40-/m0/s1. The molecule has 0 spiro atoms. The zero-order valence-corrected chi connectivity index (χ0v) is 37.8. The smallest absolute Gasteiger partial charge is 0.324 e. The van der Waals surface area contributed by atoms with Crippen molar-refractivity contribution in [2.75, 3.05) is 78.6 Å². The Morgan fingerprint density at radius 3 is 2.61 bits per heavy atom. The van der Waals surface area contributed by atoms with Gasteiger partial charge in [-0.1, -0.05) is 19.9 Å². The van der Waals surface area contributed by atoms with Crippen LogP contribution >= 0.6 is 11.3 Å². The molecule has 5 atom stereocenters. The molecule has 6 bridgehead atoms. The molecular formula is C45H61N9O7S. The van der Waals surface area contributed by atoms with E-state index in [1.165, 1.54) is 16.3 Å². The number of carbonyl (C=O) groups is 3. The summed E-state index contributed by atoms with van der Waals surface area (Å²) in [5, 5.41) is 19.3. The Balaban J connectivity index is 1.26. The molecule has 1 aromatic carbocycles. The lowest BCUT2D eigenvalue weighted by Crippen LogP contribution is -2.64. The van der Waals surface area contributed by atoms with Crippen molar-refractivity contribution < 1.29 is 33.7 Å². The van der Waals surface area contributed by atoms with E-state index in [0.717, 1.165) is 77.3 Å². The van der Waals surface area contributed by atoms with Gasteiger partial charge in [-0.25, -0.2) is 15.2 Å². The average Bonchev–Trinajstić information content (AvgIpc) is 3.88. The van der Waals surface area contributed by atoms with Crippen LogP contribution in [0.25, 0.3) is 33.4 Å². The number of esters is 1. The number of nitrogens with one attached hydrogen (secondary N) is 2. The van der Waals surface area contributed by atoms with Crippen molar-refractivity contribution in [1.82, 2.24) is 40.1 Å². The van der Waals surface area contributed by atoms with E-state index < -0.39 is 41.5 Å². The first-order valence-electron chi connectivity index (χ1n) is 21.9. The number of rotatable bonds is 8. The van der Waals surface area contributed by atoms with Crippen molar-refractivity contribution >= 4 is 45.8 Å². The molecule has 4 aromatic rings. The summed E-state index contributed by atoms with van der Waals surface area (Å²) < 4.78 is 19.7. The van der Waals surface area contributed by atoms with Gasteiger partial charge in [0.15, 0.2) is 0 Å². The highest BCUT2D eigenvalue weighted by Gasteiger charge is 2.41. The number of aliphatic hydroxyl groups is 1. The molecule has 7 heterocycles. The number of anilines is 1. The summed E-state index contributed by atoms with van der Waals surface area (Å²) >= 11 is 1.23. The number of likely N-dealkylation sites (tertiary alicyclic amines) is 1. The van der Waals surface area contributed by atoms with Crippen molar-refractivity contribution in [3.63, 3.8) is 0 Å². The second-order valence-corrected chi connectivity index (χ2v) is 18.8. The normalized spacial score (nSPS) is 24.1. The van der Waals surface area contributed by atoms with Crippen molar-refractivity contribution in [2.45, 2.75) is 90.3 Å². The van der Waals surface area contributed by atoms with Crippen LogP contribution in [0.1, 0.15) is 75.4 Å². The molecule has 0 radical (unpaired) electrons. The fraction of sp³-hybridized carbons (Fsp3) is 0.578. The second kappa shape index (κ2) is 18.2. The molecule has 334 valence electrons. The number of methoxy groups -OCH3 is 2. The predicted octanol–water partition coefficient (Wildman–Crippen LogP) is 4.76. The number of hydrogen-bond acceptors (Lipinski definition) is 13. The lowest BCUT2D eigenvalue weighted by Gasteiger charge is -2.42. The van der Waals surface area contributed by atoms with Crippen LogP contribution in [-0.4, -0.2) is 144 Å². The highest BCUT2D eigenvalue weighted by Crippen LogP contribution is 2.43. The number of cyclic esters (lactones) is 1. The maximum atomic E-state index is 14.3. The van der Waals surface area contributed by atoms with Crippen LogP contribution in [0.4, 0.5) is 10.5 Å². The van der Waals surface area contributed by atoms with Crippen LogP contribution in [0.2, 0.25) is 0 Å². The molecule has 4 aliphatic heterocycles. The van der Waals surface area contributed by atoms with Gasteiger partial charge in [0.25, 0.3) is 5.91 Å². The first kappa shape index (κ1) is 44.0. The summed E-state index contributed by atoms with van der Waals surface area (Å²) in [6, 6.07) is 5.77. The number of hydrogen-bond donors (Lipinski definition) is 3. The van der Waals surface area contributed by atoms with Crippen LogP contribution in [0.15, 0.2) is 35.8 Å². The number of nitrogens with zero attached hydrogens (tertiary/aromatic N) is 7. The summed E-state index contributed by atoms with van der Waals surface area (Å²) in [5.41, 5.74) is 10.1. The second-order valence-electron chi connectivity index (χ2n) is 17.9. The molecular weight excluding hydrogens is 811 g/mol. The number of aromatic nitrogens is 3. The maximum absolute atomic E-state index is 14.3. The van der Waals surface area contributed by atoms with Crippen LogP contribution in [0.3, 0.4) is 0 Å². The fourth-order valence-corrected chi connectivity index (χ4v) is 10.0. The minimum atomic E-state index is -1.48. The van der Waals surface area contributed by atoms with E-state index in [2.05, 4.69) is 71.1 Å². The highest BCUT2D eigenvalue weighted by atomic mass is 32.1. The van der Waals surface area contributed by atoms with E-state index in [9.17, 15) is 19.5 Å². The van der Waals surface area contributed by atoms with Gasteiger partial charge < -0.3 is 43.9 Å².